The van der Waals surface area contributed by atoms with Crippen LogP contribution in [0.15, 0.2) is 42.0 Å². The van der Waals surface area contributed by atoms with Gasteiger partial charge >= 0.3 is 0 Å². The number of nitrogens with zero attached hydrogens (tertiary/aromatic N) is 1. The van der Waals surface area contributed by atoms with E-state index < -0.39 is 17.7 Å². The monoisotopic (exact) mass is 511 g/mol. The number of benzene rings is 2. The number of hydrogen-bond donors (Lipinski definition) is 1. The minimum atomic E-state index is -0.804. The number of likely N-dealkylation sites (tertiary alicyclic amines) is 1. The van der Waals surface area contributed by atoms with Gasteiger partial charge < -0.3 is 29.0 Å². The molecule has 0 radical (unpaired) electrons. The summed E-state index contributed by atoms with van der Waals surface area (Å²) >= 11 is 0. The number of methoxy groups -OCH3 is 3. The third kappa shape index (κ3) is 5.74. The van der Waals surface area contributed by atoms with Gasteiger partial charge in [-0.2, -0.15) is 0 Å². The molecule has 8 nitrogen and oxygen atoms in total. The van der Waals surface area contributed by atoms with Crippen molar-refractivity contribution in [2.75, 3.05) is 41.1 Å². The van der Waals surface area contributed by atoms with Gasteiger partial charge in [0.15, 0.2) is 11.5 Å². The summed E-state index contributed by atoms with van der Waals surface area (Å²) < 4.78 is 21.8. The lowest BCUT2D eigenvalue weighted by Crippen LogP contribution is -2.31. The number of aliphatic hydroxyl groups is 1. The molecule has 0 bridgehead atoms. The zero-order valence-corrected chi connectivity index (χ0v) is 22.7. The first kappa shape index (κ1) is 28.1. The molecule has 3 rings (SSSR count). The molecular weight excluding hydrogens is 474 g/mol. The Morgan fingerprint density at radius 2 is 1.65 bits per heavy atom. The fourth-order valence-corrected chi connectivity index (χ4v) is 4.56. The van der Waals surface area contributed by atoms with Crippen molar-refractivity contribution in [2.24, 2.45) is 0 Å². The van der Waals surface area contributed by atoms with E-state index in [-0.39, 0.29) is 23.3 Å². The molecule has 2 aromatic carbocycles. The van der Waals surface area contributed by atoms with Gasteiger partial charge in [-0.3, -0.25) is 9.59 Å². The van der Waals surface area contributed by atoms with Gasteiger partial charge in [-0.25, -0.2) is 0 Å². The first-order valence-corrected chi connectivity index (χ1v) is 12.4. The predicted octanol–water partition coefficient (Wildman–Crippen LogP) is 4.86. The van der Waals surface area contributed by atoms with Gasteiger partial charge in [0.2, 0.25) is 0 Å². The van der Waals surface area contributed by atoms with Gasteiger partial charge in [0.25, 0.3) is 11.7 Å². The first-order chi connectivity index (χ1) is 17.6. The largest absolute Gasteiger partial charge is 0.507 e. The fraction of sp³-hybridized carbons (Fsp3) is 0.448. The molecule has 0 aliphatic carbocycles. The topological polar surface area (TPSA) is 94.5 Å². The molecule has 0 saturated carbocycles. The number of carbonyl (C=O) groups is 2. The third-order valence-electron chi connectivity index (χ3n) is 6.37. The summed E-state index contributed by atoms with van der Waals surface area (Å²) in [5.41, 5.74) is 1.69. The van der Waals surface area contributed by atoms with Crippen molar-refractivity contribution < 1.29 is 33.6 Å². The van der Waals surface area contributed by atoms with Crippen molar-refractivity contribution in [2.45, 2.75) is 45.6 Å². The van der Waals surface area contributed by atoms with Crippen LogP contribution in [0.5, 0.6) is 17.2 Å². The average Bonchev–Trinajstić information content (AvgIpc) is 3.12. The number of Topliss-reactive ketones (excluding diaryl/α,β-unsaturated/α-hetero) is 1. The number of hydrogen-bond acceptors (Lipinski definition) is 7. The summed E-state index contributed by atoms with van der Waals surface area (Å²) in [5, 5.41) is 11.5. The Labute approximate surface area is 218 Å². The molecule has 0 aromatic heterocycles. The van der Waals surface area contributed by atoms with E-state index in [1.807, 2.05) is 33.8 Å². The van der Waals surface area contributed by atoms with E-state index in [4.69, 9.17) is 18.9 Å². The van der Waals surface area contributed by atoms with E-state index in [1.54, 1.807) is 37.4 Å². The zero-order valence-electron chi connectivity index (χ0n) is 22.7. The minimum Gasteiger partial charge on any atom is -0.507 e. The second-order valence-corrected chi connectivity index (χ2v) is 9.85. The quantitative estimate of drug-likeness (QED) is 0.211. The maximum absolute atomic E-state index is 13.4. The summed E-state index contributed by atoms with van der Waals surface area (Å²) in [6, 6.07) is 9.74. The lowest BCUT2D eigenvalue weighted by atomic mass is 9.84. The molecule has 1 atom stereocenters. The highest BCUT2D eigenvalue weighted by Crippen LogP contribution is 2.43. The Morgan fingerprint density at radius 3 is 2.24 bits per heavy atom. The van der Waals surface area contributed by atoms with Crippen LogP contribution in [0.2, 0.25) is 0 Å². The van der Waals surface area contributed by atoms with Gasteiger partial charge in [0.05, 0.1) is 32.4 Å². The van der Waals surface area contributed by atoms with E-state index in [2.05, 4.69) is 0 Å². The van der Waals surface area contributed by atoms with Crippen LogP contribution in [0.1, 0.15) is 56.8 Å². The lowest BCUT2D eigenvalue weighted by Gasteiger charge is -2.26. The second kappa shape index (κ2) is 11.7. The standard InChI is InChI=1S/C29H37NO7/c1-8-37-21-12-11-19(16-20(21)29(2,3)4)26(31)24-25(18-10-13-22(35-6)23(17-18)36-7)30(14-9-15-34-5)28(33)27(24)32/h10-13,16-17,25,31H,8-9,14-15H2,1-7H3/b26-24+. The van der Waals surface area contributed by atoms with E-state index >= 15 is 0 Å². The fourth-order valence-electron chi connectivity index (χ4n) is 4.56. The highest BCUT2D eigenvalue weighted by Gasteiger charge is 2.46. The molecular formula is C29H37NO7. The van der Waals surface area contributed by atoms with Gasteiger partial charge in [-0.15, -0.1) is 0 Å². The van der Waals surface area contributed by atoms with Crippen LogP contribution in [-0.4, -0.2) is 62.8 Å². The van der Waals surface area contributed by atoms with Gasteiger partial charge in [0.1, 0.15) is 11.5 Å². The molecule has 1 N–H and O–H groups in total. The summed E-state index contributed by atoms with van der Waals surface area (Å²) in [7, 11) is 4.64. The maximum Gasteiger partial charge on any atom is 0.295 e. The molecule has 2 aromatic rings. The van der Waals surface area contributed by atoms with Crippen LogP contribution in [0.25, 0.3) is 5.76 Å². The van der Waals surface area contributed by atoms with Crippen LogP contribution in [-0.2, 0) is 19.7 Å². The van der Waals surface area contributed by atoms with Crippen LogP contribution < -0.4 is 14.2 Å². The molecule has 8 heteroatoms. The van der Waals surface area contributed by atoms with Crippen LogP contribution in [0.3, 0.4) is 0 Å². The highest BCUT2D eigenvalue weighted by molar-refractivity contribution is 6.46. The number of carbonyl (C=O) groups excluding carboxylic acids is 2. The minimum absolute atomic E-state index is 0.0265. The Hall–Kier alpha value is -3.52. The van der Waals surface area contributed by atoms with Gasteiger partial charge in [-0.1, -0.05) is 26.8 Å². The average molecular weight is 512 g/mol. The summed E-state index contributed by atoms with van der Waals surface area (Å²) in [5.74, 6) is 0.0479. The van der Waals surface area contributed by atoms with E-state index in [1.165, 1.54) is 19.1 Å². The number of rotatable bonds is 10. The number of ketones is 1. The SMILES string of the molecule is CCOc1ccc(/C(O)=C2\C(=O)C(=O)N(CCCOC)C2c2ccc(OC)c(OC)c2)cc1C(C)(C)C. The van der Waals surface area contributed by atoms with Crippen molar-refractivity contribution in [3.05, 3.63) is 58.7 Å². The Bertz CT molecular complexity index is 1180. The van der Waals surface area contributed by atoms with E-state index in [0.717, 1.165) is 5.56 Å². The highest BCUT2D eigenvalue weighted by atomic mass is 16.5. The Morgan fingerprint density at radius 1 is 0.973 bits per heavy atom. The summed E-state index contributed by atoms with van der Waals surface area (Å²) in [4.78, 5) is 28.0. The van der Waals surface area contributed by atoms with Crippen LogP contribution >= 0.6 is 0 Å². The molecule has 1 heterocycles. The molecule has 200 valence electrons. The molecule has 1 saturated heterocycles. The van der Waals surface area contributed by atoms with Crippen molar-refractivity contribution in [3.63, 3.8) is 0 Å². The van der Waals surface area contributed by atoms with Gasteiger partial charge in [-0.05, 0) is 54.7 Å². The number of amides is 1. The van der Waals surface area contributed by atoms with Crippen LogP contribution in [0, 0.1) is 0 Å². The third-order valence-corrected chi connectivity index (χ3v) is 6.37. The number of ether oxygens (including phenoxy) is 4. The molecule has 37 heavy (non-hydrogen) atoms. The molecule has 1 aliphatic heterocycles. The van der Waals surface area contributed by atoms with Crippen LogP contribution in [0.4, 0.5) is 0 Å². The second-order valence-electron chi connectivity index (χ2n) is 9.85. The molecule has 0 spiro atoms. The van der Waals surface area contributed by atoms with E-state index in [0.29, 0.717) is 48.0 Å². The maximum atomic E-state index is 13.4. The normalized spacial score (nSPS) is 17.3. The van der Waals surface area contributed by atoms with Crippen molar-refractivity contribution >= 4 is 17.4 Å². The Balaban J connectivity index is 2.22. The summed E-state index contributed by atoms with van der Waals surface area (Å²) in [6.07, 6.45) is 0.532. The smallest absolute Gasteiger partial charge is 0.295 e. The molecule has 1 aliphatic rings. The molecule has 1 unspecified atom stereocenters. The van der Waals surface area contributed by atoms with Crippen molar-refractivity contribution in [3.8, 4) is 17.2 Å². The predicted molar refractivity (Wildman–Crippen MR) is 141 cm³/mol. The van der Waals surface area contributed by atoms with Crippen molar-refractivity contribution in [1.82, 2.24) is 4.90 Å². The van der Waals surface area contributed by atoms with Gasteiger partial charge in [0, 0.05) is 31.4 Å². The summed E-state index contributed by atoms with van der Waals surface area (Å²) in [6.45, 7) is 9.27. The lowest BCUT2D eigenvalue weighted by molar-refractivity contribution is -0.140. The molecule has 1 amide bonds. The van der Waals surface area contributed by atoms with E-state index in [9.17, 15) is 14.7 Å². The first-order valence-electron chi connectivity index (χ1n) is 12.4. The molecule has 1 fully saturated rings. The Kier molecular flexibility index (Phi) is 8.86. The number of aliphatic hydroxyl groups excluding tert-OH is 1. The zero-order chi connectivity index (χ0) is 27.3. The van der Waals surface area contributed by atoms with Crippen molar-refractivity contribution in [1.29, 1.82) is 0 Å².